The summed E-state index contributed by atoms with van der Waals surface area (Å²) in [5, 5.41) is 11.7. The van der Waals surface area contributed by atoms with Crippen LogP contribution < -0.4 is 14.8 Å². The second kappa shape index (κ2) is 5.56. The molecule has 1 aliphatic heterocycles. The lowest BCUT2D eigenvalue weighted by Gasteiger charge is -2.24. The van der Waals surface area contributed by atoms with E-state index in [1.54, 1.807) is 20.4 Å². The highest BCUT2D eigenvalue weighted by Crippen LogP contribution is 2.43. The fraction of sp³-hybridized carbons (Fsp3) is 0.222. The maximum absolute atomic E-state index is 12.1. The smallest absolute Gasteiger partial charge is 0.226 e. The topological polar surface area (TPSA) is 76.2 Å². The molecule has 2 heterocycles. The standard InChI is InChI=1S/C18H17N3O3/c1-23-14-7-6-10(17-11(14)4-3-5-15(17)24-2)12-8-16(22)20-18-13(12)9-19-21-18/h3-7,9,12H,8H2,1-2H3,(H2,19,20,21,22). The molecule has 1 amide bonds. The number of nitrogens with one attached hydrogen (secondary N) is 2. The first-order valence-corrected chi connectivity index (χ1v) is 7.69. The number of nitrogens with zero attached hydrogens (tertiary/aromatic N) is 1. The van der Waals surface area contributed by atoms with Gasteiger partial charge in [0.15, 0.2) is 0 Å². The average molecular weight is 323 g/mol. The molecule has 3 aromatic rings. The third-order valence-corrected chi connectivity index (χ3v) is 4.51. The van der Waals surface area contributed by atoms with Crippen molar-refractivity contribution in [1.29, 1.82) is 0 Å². The zero-order valence-corrected chi connectivity index (χ0v) is 13.4. The molecule has 0 saturated heterocycles. The predicted molar refractivity (Wildman–Crippen MR) is 90.7 cm³/mol. The van der Waals surface area contributed by atoms with Crippen LogP contribution in [0.3, 0.4) is 0 Å². The quantitative estimate of drug-likeness (QED) is 0.777. The largest absolute Gasteiger partial charge is 0.496 e. The minimum atomic E-state index is -0.0859. The molecule has 0 spiro atoms. The molecule has 0 fully saturated rings. The number of anilines is 1. The molecule has 2 N–H and O–H groups in total. The Morgan fingerprint density at radius 2 is 1.92 bits per heavy atom. The fourth-order valence-electron chi connectivity index (χ4n) is 3.43. The number of fused-ring (bicyclic) bond motifs is 2. The van der Waals surface area contributed by atoms with Crippen LogP contribution in [-0.4, -0.2) is 30.3 Å². The van der Waals surface area contributed by atoms with E-state index in [1.165, 1.54) is 0 Å². The number of rotatable bonds is 3. The Hall–Kier alpha value is -3.02. The summed E-state index contributed by atoms with van der Waals surface area (Å²) in [7, 11) is 3.30. The second-order valence-electron chi connectivity index (χ2n) is 5.75. The number of carbonyl (C=O) groups excluding carboxylic acids is 1. The van der Waals surface area contributed by atoms with Crippen LogP contribution >= 0.6 is 0 Å². The van der Waals surface area contributed by atoms with E-state index in [0.717, 1.165) is 33.4 Å². The van der Waals surface area contributed by atoms with Crippen LogP contribution in [0.25, 0.3) is 10.8 Å². The lowest BCUT2D eigenvalue weighted by Crippen LogP contribution is -2.23. The number of methoxy groups -OCH3 is 2. The van der Waals surface area contributed by atoms with E-state index in [9.17, 15) is 4.79 Å². The number of benzene rings is 2. The van der Waals surface area contributed by atoms with Crippen LogP contribution in [0.4, 0.5) is 5.82 Å². The van der Waals surface area contributed by atoms with Gasteiger partial charge in [0.05, 0.1) is 20.4 Å². The van der Waals surface area contributed by atoms with Crippen molar-refractivity contribution in [2.75, 3.05) is 19.5 Å². The number of aromatic amines is 1. The Bertz CT molecular complexity index is 932. The second-order valence-corrected chi connectivity index (χ2v) is 5.75. The van der Waals surface area contributed by atoms with Gasteiger partial charge in [-0.15, -0.1) is 0 Å². The summed E-state index contributed by atoms with van der Waals surface area (Å²) in [6.45, 7) is 0. The molecule has 0 aliphatic carbocycles. The van der Waals surface area contributed by atoms with Crippen molar-refractivity contribution in [2.24, 2.45) is 0 Å². The molecule has 1 aliphatic rings. The Kier molecular flexibility index (Phi) is 3.37. The van der Waals surface area contributed by atoms with Gasteiger partial charge in [-0.1, -0.05) is 18.2 Å². The van der Waals surface area contributed by atoms with Gasteiger partial charge in [0.2, 0.25) is 5.91 Å². The van der Waals surface area contributed by atoms with Crippen LogP contribution in [0.2, 0.25) is 0 Å². The minimum absolute atomic E-state index is 0.0318. The monoisotopic (exact) mass is 323 g/mol. The van der Waals surface area contributed by atoms with E-state index < -0.39 is 0 Å². The van der Waals surface area contributed by atoms with Crippen LogP contribution in [0.5, 0.6) is 11.5 Å². The van der Waals surface area contributed by atoms with Gasteiger partial charge in [0.25, 0.3) is 0 Å². The van der Waals surface area contributed by atoms with Crippen molar-refractivity contribution in [3.8, 4) is 11.5 Å². The van der Waals surface area contributed by atoms with Crippen LogP contribution in [0.15, 0.2) is 36.5 Å². The number of ether oxygens (including phenoxy) is 2. The Labute approximate surface area is 138 Å². The molecule has 0 bridgehead atoms. The van der Waals surface area contributed by atoms with Crippen LogP contribution in [0, 0.1) is 0 Å². The number of aromatic nitrogens is 2. The third kappa shape index (κ3) is 2.11. The van der Waals surface area contributed by atoms with Crippen molar-refractivity contribution in [1.82, 2.24) is 10.2 Å². The summed E-state index contributed by atoms with van der Waals surface area (Å²) < 4.78 is 11.1. The van der Waals surface area contributed by atoms with Crippen molar-refractivity contribution < 1.29 is 14.3 Å². The first kappa shape index (κ1) is 14.6. The molecule has 0 saturated carbocycles. The lowest BCUT2D eigenvalue weighted by atomic mass is 9.84. The highest BCUT2D eigenvalue weighted by atomic mass is 16.5. The van der Waals surface area contributed by atoms with E-state index in [4.69, 9.17) is 9.47 Å². The number of carbonyl (C=O) groups is 1. The molecular formula is C18H17N3O3. The summed E-state index contributed by atoms with van der Waals surface area (Å²) in [6, 6.07) is 9.79. The predicted octanol–water partition coefficient (Wildman–Crippen LogP) is 3.05. The van der Waals surface area contributed by atoms with Crippen molar-refractivity contribution in [2.45, 2.75) is 12.3 Å². The highest BCUT2D eigenvalue weighted by molar-refractivity contribution is 5.99. The Morgan fingerprint density at radius 3 is 2.71 bits per heavy atom. The fourth-order valence-corrected chi connectivity index (χ4v) is 3.43. The molecule has 2 aromatic carbocycles. The Balaban J connectivity index is 2.00. The van der Waals surface area contributed by atoms with E-state index in [1.807, 2.05) is 30.3 Å². The van der Waals surface area contributed by atoms with Crippen molar-refractivity contribution in [3.05, 3.63) is 47.7 Å². The highest BCUT2D eigenvalue weighted by Gasteiger charge is 2.30. The van der Waals surface area contributed by atoms with E-state index in [2.05, 4.69) is 15.5 Å². The number of H-pyrrole nitrogens is 1. The van der Waals surface area contributed by atoms with E-state index in [-0.39, 0.29) is 11.8 Å². The molecule has 6 heteroatoms. The van der Waals surface area contributed by atoms with Crippen molar-refractivity contribution >= 4 is 22.5 Å². The van der Waals surface area contributed by atoms with Gasteiger partial charge in [-0.2, -0.15) is 5.10 Å². The van der Waals surface area contributed by atoms with Gasteiger partial charge in [0.1, 0.15) is 17.3 Å². The molecule has 122 valence electrons. The van der Waals surface area contributed by atoms with E-state index in [0.29, 0.717) is 12.2 Å². The number of hydrogen-bond acceptors (Lipinski definition) is 4. The zero-order valence-electron chi connectivity index (χ0n) is 13.4. The summed E-state index contributed by atoms with van der Waals surface area (Å²) in [5.74, 6) is 2.08. The molecular weight excluding hydrogens is 306 g/mol. The third-order valence-electron chi connectivity index (χ3n) is 4.51. The average Bonchev–Trinajstić information content (AvgIpc) is 3.07. The lowest BCUT2D eigenvalue weighted by molar-refractivity contribution is -0.116. The molecule has 6 nitrogen and oxygen atoms in total. The maximum atomic E-state index is 12.1. The van der Waals surface area contributed by atoms with Gasteiger partial charge in [-0.05, 0) is 17.7 Å². The summed E-state index contributed by atoms with van der Waals surface area (Å²) >= 11 is 0. The zero-order chi connectivity index (χ0) is 16.7. The minimum Gasteiger partial charge on any atom is -0.496 e. The normalized spacial score (nSPS) is 16.6. The van der Waals surface area contributed by atoms with Gasteiger partial charge in [-0.25, -0.2) is 0 Å². The van der Waals surface area contributed by atoms with Gasteiger partial charge < -0.3 is 14.8 Å². The van der Waals surface area contributed by atoms with Crippen LogP contribution in [0.1, 0.15) is 23.5 Å². The summed E-state index contributed by atoms with van der Waals surface area (Å²) in [6.07, 6.45) is 2.14. The van der Waals surface area contributed by atoms with Crippen molar-refractivity contribution in [3.63, 3.8) is 0 Å². The number of hydrogen-bond donors (Lipinski definition) is 2. The van der Waals surface area contributed by atoms with Gasteiger partial charge in [0, 0.05) is 28.7 Å². The van der Waals surface area contributed by atoms with Crippen LogP contribution in [-0.2, 0) is 4.79 Å². The Morgan fingerprint density at radius 1 is 1.08 bits per heavy atom. The first-order valence-electron chi connectivity index (χ1n) is 7.69. The molecule has 4 rings (SSSR count). The van der Waals surface area contributed by atoms with E-state index >= 15 is 0 Å². The molecule has 0 radical (unpaired) electrons. The molecule has 1 unspecified atom stereocenters. The molecule has 1 atom stereocenters. The van der Waals surface area contributed by atoms with Gasteiger partial charge >= 0.3 is 0 Å². The SMILES string of the molecule is COc1ccc(C2CC(=O)Nc3[nH]ncc32)c2c(OC)cccc12. The number of amides is 1. The maximum Gasteiger partial charge on any atom is 0.226 e. The first-order chi connectivity index (χ1) is 11.7. The summed E-state index contributed by atoms with van der Waals surface area (Å²) in [4.78, 5) is 12.1. The molecule has 24 heavy (non-hydrogen) atoms. The van der Waals surface area contributed by atoms with Gasteiger partial charge in [-0.3, -0.25) is 9.89 Å². The summed E-state index contributed by atoms with van der Waals surface area (Å²) in [5.41, 5.74) is 2.01. The molecule has 1 aromatic heterocycles.